The fourth-order valence-corrected chi connectivity index (χ4v) is 2.77. The molecule has 0 aromatic heterocycles. The van der Waals surface area contributed by atoms with Crippen LogP contribution in [0.5, 0.6) is 11.5 Å². The highest BCUT2D eigenvalue weighted by Crippen LogP contribution is 2.36. The third kappa shape index (κ3) is 5.92. The summed E-state index contributed by atoms with van der Waals surface area (Å²) in [5, 5.41) is 14.2. The van der Waals surface area contributed by atoms with E-state index in [1.165, 1.54) is 0 Å². The lowest BCUT2D eigenvalue weighted by Gasteiger charge is -2.21. The molecule has 0 radical (unpaired) electrons. The smallest absolute Gasteiger partial charge is 0.180 e. The van der Waals surface area contributed by atoms with E-state index in [1.54, 1.807) is 13.2 Å². The second-order valence-corrected chi connectivity index (χ2v) is 6.14. The van der Waals surface area contributed by atoms with Gasteiger partial charge in [0, 0.05) is 12.6 Å². The molecule has 4 nitrogen and oxygen atoms in total. The van der Waals surface area contributed by atoms with Crippen molar-refractivity contribution in [2.24, 2.45) is 0 Å². The predicted octanol–water partition coefficient (Wildman–Crippen LogP) is 4.55. The van der Waals surface area contributed by atoms with E-state index in [-0.39, 0.29) is 18.4 Å². The van der Waals surface area contributed by atoms with Crippen molar-refractivity contribution in [3.63, 3.8) is 0 Å². The first-order valence-corrected chi connectivity index (χ1v) is 8.51. The lowest BCUT2D eigenvalue weighted by Crippen LogP contribution is -2.31. The Morgan fingerprint density at radius 2 is 1.96 bits per heavy atom. The molecule has 0 saturated carbocycles. The van der Waals surface area contributed by atoms with Crippen molar-refractivity contribution in [1.29, 1.82) is 0 Å². The van der Waals surface area contributed by atoms with E-state index >= 15 is 0 Å². The van der Waals surface area contributed by atoms with Gasteiger partial charge in [-0.15, -0.1) is 12.4 Å². The van der Waals surface area contributed by atoms with Gasteiger partial charge in [0.15, 0.2) is 11.5 Å². The Bertz CT molecular complexity index is 695. The summed E-state index contributed by atoms with van der Waals surface area (Å²) in [5.74, 6) is 1.08. The van der Waals surface area contributed by atoms with E-state index < -0.39 is 6.10 Å². The Kier molecular flexibility index (Phi) is 9.52. The number of hydrogen-bond acceptors (Lipinski definition) is 4. The minimum atomic E-state index is -0.589. The molecule has 2 unspecified atom stereocenters. The SMILES string of the molecule is C=CCOc1c(Cl)cc(CNC(C)C(O)c2ccccc2)cc1OC.Cl. The number of nitrogens with one attached hydrogen (secondary N) is 1. The van der Waals surface area contributed by atoms with E-state index in [0.29, 0.717) is 29.7 Å². The molecule has 142 valence electrons. The monoisotopic (exact) mass is 397 g/mol. The average molecular weight is 398 g/mol. The Hall–Kier alpha value is -1.72. The summed E-state index contributed by atoms with van der Waals surface area (Å²) in [7, 11) is 1.57. The fraction of sp³-hybridized carbons (Fsp3) is 0.300. The molecule has 0 heterocycles. The fourth-order valence-electron chi connectivity index (χ4n) is 2.49. The molecule has 2 rings (SSSR count). The van der Waals surface area contributed by atoms with Gasteiger partial charge in [-0.3, -0.25) is 0 Å². The minimum absolute atomic E-state index is 0. The maximum atomic E-state index is 10.4. The summed E-state index contributed by atoms with van der Waals surface area (Å²) in [6, 6.07) is 13.2. The van der Waals surface area contributed by atoms with E-state index in [9.17, 15) is 5.11 Å². The van der Waals surface area contributed by atoms with Crippen LogP contribution in [0.25, 0.3) is 0 Å². The summed E-state index contributed by atoms with van der Waals surface area (Å²) >= 11 is 6.31. The van der Waals surface area contributed by atoms with Crippen LogP contribution in [0.3, 0.4) is 0 Å². The van der Waals surface area contributed by atoms with Crippen molar-refractivity contribution in [3.8, 4) is 11.5 Å². The van der Waals surface area contributed by atoms with Gasteiger partial charge in [0.25, 0.3) is 0 Å². The van der Waals surface area contributed by atoms with Crippen LogP contribution in [0.2, 0.25) is 5.02 Å². The third-order valence-electron chi connectivity index (χ3n) is 3.88. The van der Waals surface area contributed by atoms with Gasteiger partial charge in [-0.1, -0.05) is 54.6 Å². The molecule has 0 aliphatic heterocycles. The first-order chi connectivity index (χ1) is 12.1. The number of rotatable bonds is 9. The van der Waals surface area contributed by atoms with Gasteiger partial charge in [0.2, 0.25) is 0 Å². The zero-order chi connectivity index (χ0) is 18.2. The van der Waals surface area contributed by atoms with Crippen molar-refractivity contribution in [3.05, 3.63) is 71.3 Å². The number of ether oxygens (including phenoxy) is 2. The van der Waals surface area contributed by atoms with Crippen LogP contribution in [0.1, 0.15) is 24.2 Å². The molecule has 0 spiro atoms. The largest absolute Gasteiger partial charge is 0.493 e. The van der Waals surface area contributed by atoms with E-state index in [2.05, 4.69) is 11.9 Å². The number of benzene rings is 2. The second-order valence-electron chi connectivity index (χ2n) is 5.73. The summed E-state index contributed by atoms with van der Waals surface area (Å²) in [5.41, 5.74) is 1.83. The van der Waals surface area contributed by atoms with Crippen molar-refractivity contribution in [1.82, 2.24) is 5.32 Å². The van der Waals surface area contributed by atoms with Crippen LogP contribution in [-0.4, -0.2) is 24.9 Å². The standard InChI is InChI=1S/C20H24ClNO3.ClH/c1-4-10-25-20-17(21)11-15(12-18(20)24-3)13-22-14(2)19(23)16-8-6-5-7-9-16;/h4-9,11-12,14,19,22-23H,1,10,13H2,2-3H3;1H. The molecule has 0 aliphatic rings. The van der Waals surface area contributed by atoms with E-state index in [0.717, 1.165) is 11.1 Å². The number of aliphatic hydroxyl groups excluding tert-OH is 1. The van der Waals surface area contributed by atoms with Crippen LogP contribution < -0.4 is 14.8 Å². The van der Waals surface area contributed by atoms with Gasteiger partial charge >= 0.3 is 0 Å². The van der Waals surface area contributed by atoms with E-state index in [4.69, 9.17) is 21.1 Å². The van der Waals surface area contributed by atoms with Gasteiger partial charge in [0.1, 0.15) is 6.61 Å². The lowest BCUT2D eigenvalue weighted by molar-refractivity contribution is 0.135. The molecule has 2 N–H and O–H groups in total. The molecule has 2 atom stereocenters. The maximum Gasteiger partial charge on any atom is 0.180 e. The first kappa shape index (κ1) is 22.3. The van der Waals surface area contributed by atoms with E-state index in [1.807, 2.05) is 49.4 Å². The van der Waals surface area contributed by atoms with Gasteiger partial charge in [0.05, 0.1) is 18.2 Å². The molecule has 0 fully saturated rings. The highest BCUT2D eigenvalue weighted by atomic mass is 35.5. The maximum absolute atomic E-state index is 10.4. The zero-order valence-electron chi connectivity index (χ0n) is 14.9. The molecule has 0 saturated heterocycles. The van der Waals surface area contributed by atoms with Crippen LogP contribution in [0.4, 0.5) is 0 Å². The Morgan fingerprint density at radius 1 is 1.27 bits per heavy atom. The molecule has 26 heavy (non-hydrogen) atoms. The van der Waals surface area contributed by atoms with Crippen LogP contribution in [0.15, 0.2) is 55.1 Å². The highest BCUT2D eigenvalue weighted by Gasteiger charge is 2.17. The van der Waals surface area contributed by atoms with Gasteiger partial charge < -0.3 is 19.9 Å². The number of hydrogen-bond donors (Lipinski definition) is 2. The molecule has 2 aromatic carbocycles. The number of aliphatic hydroxyl groups is 1. The molecule has 6 heteroatoms. The summed E-state index contributed by atoms with van der Waals surface area (Å²) < 4.78 is 10.9. The van der Waals surface area contributed by atoms with Crippen molar-refractivity contribution < 1.29 is 14.6 Å². The summed E-state index contributed by atoms with van der Waals surface area (Å²) in [4.78, 5) is 0. The van der Waals surface area contributed by atoms with Crippen LogP contribution >= 0.6 is 24.0 Å². The minimum Gasteiger partial charge on any atom is -0.493 e. The molecule has 0 aliphatic carbocycles. The topological polar surface area (TPSA) is 50.7 Å². The highest BCUT2D eigenvalue weighted by molar-refractivity contribution is 6.32. The Balaban J connectivity index is 0.00000338. The molecule has 2 aromatic rings. The van der Waals surface area contributed by atoms with Crippen LogP contribution in [-0.2, 0) is 6.54 Å². The second kappa shape index (κ2) is 11.1. The normalized spacial score (nSPS) is 12.6. The molecular formula is C20H25Cl2NO3. The van der Waals surface area contributed by atoms with Crippen molar-refractivity contribution in [2.45, 2.75) is 25.6 Å². The molecule has 0 amide bonds. The van der Waals surface area contributed by atoms with Gasteiger partial charge in [-0.25, -0.2) is 0 Å². The summed E-state index contributed by atoms with van der Waals surface area (Å²) in [6.07, 6.45) is 1.06. The predicted molar refractivity (Wildman–Crippen MR) is 109 cm³/mol. The van der Waals surface area contributed by atoms with Gasteiger partial charge in [-0.05, 0) is 30.2 Å². The number of methoxy groups -OCH3 is 1. The Morgan fingerprint density at radius 3 is 2.58 bits per heavy atom. The molecule has 0 bridgehead atoms. The quantitative estimate of drug-likeness (QED) is 0.609. The zero-order valence-corrected chi connectivity index (χ0v) is 16.5. The van der Waals surface area contributed by atoms with Crippen molar-refractivity contribution in [2.75, 3.05) is 13.7 Å². The van der Waals surface area contributed by atoms with Crippen LogP contribution in [0, 0.1) is 0 Å². The van der Waals surface area contributed by atoms with Gasteiger partial charge in [-0.2, -0.15) is 0 Å². The third-order valence-corrected chi connectivity index (χ3v) is 4.16. The number of halogens is 2. The average Bonchev–Trinajstić information content (AvgIpc) is 2.64. The lowest BCUT2D eigenvalue weighted by atomic mass is 10.0. The molecular weight excluding hydrogens is 373 g/mol. The first-order valence-electron chi connectivity index (χ1n) is 8.13. The van der Waals surface area contributed by atoms with Crippen molar-refractivity contribution >= 4 is 24.0 Å². The Labute approximate surface area is 166 Å². The summed E-state index contributed by atoms with van der Waals surface area (Å²) in [6.45, 7) is 6.47.